The molecule has 0 aliphatic heterocycles. The third-order valence-corrected chi connectivity index (χ3v) is 4.09. The Hall–Kier alpha value is -3.43. The first-order valence-corrected chi connectivity index (χ1v) is 9.10. The fourth-order valence-electron chi connectivity index (χ4n) is 1.95. The number of para-hydroxylation sites is 2. The van der Waals surface area contributed by atoms with Gasteiger partial charge >= 0.3 is 5.69 Å². The Balaban J connectivity index is 0.000000313. The van der Waals surface area contributed by atoms with Gasteiger partial charge in [0.15, 0.2) is 0 Å². The molecule has 3 rings (SSSR count). The summed E-state index contributed by atoms with van der Waals surface area (Å²) in [4.78, 5) is 9.91. The van der Waals surface area contributed by atoms with Crippen LogP contribution in [0.25, 0.3) is 0 Å². The van der Waals surface area contributed by atoms with Gasteiger partial charge in [0.1, 0.15) is 11.5 Å². The van der Waals surface area contributed by atoms with Crippen molar-refractivity contribution in [3.8, 4) is 17.2 Å². The van der Waals surface area contributed by atoms with E-state index in [1.165, 1.54) is 6.07 Å². The monoisotopic (exact) mass is 388 g/mol. The predicted octanol–water partition coefficient (Wildman–Crippen LogP) is 3.43. The minimum Gasteiger partial charge on any atom is -0.508 e. The highest BCUT2D eigenvalue weighted by molar-refractivity contribution is 7.89. The Morgan fingerprint density at radius 1 is 0.926 bits per heavy atom. The maximum absolute atomic E-state index is 11.2. The number of phenols is 1. The van der Waals surface area contributed by atoms with Crippen molar-refractivity contribution in [1.29, 1.82) is 0 Å². The number of phenolic OH excluding ortho intramolecular Hbond substituents is 1. The topological polar surface area (TPSA) is 133 Å². The van der Waals surface area contributed by atoms with Gasteiger partial charge in [-0.3, -0.25) is 10.1 Å². The van der Waals surface area contributed by atoms with Gasteiger partial charge in [0.05, 0.1) is 9.82 Å². The number of aromatic hydroxyl groups is 1. The largest absolute Gasteiger partial charge is 0.508 e. The van der Waals surface area contributed by atoms with Crippen LogP contribution < -0.4 is 9.88 Å². The molecular formula is C18H16N2O6S. The molecule has 8 nitrogen and oxygen atoms in total. The van der Waals surface area contributed by atoms with Crippen LogP contribution in [0, 0.1) is 10.1 Å². The van der Waals surface area contributed by atoms with Crippen LogP contribution in [0.1, 0.15) is 0 Å². The van der Waals surface area contributed by atoms with E-state index in [-0.39, 0.29) is 10.6 Å². The number of benzene rings is 3. The molecule has 0 heterocycles. The van der Waals surface area contributed by atoms with Crippen LogP contribution in [-0.4, -0.2) is 18.4 Å². The molecule has 0 unspecified atom stereocenters. The van der Waals surface area contributed by atoms with Gasteiger partial charge in [-0.15, -0.1) is 0 Å². The maximum Gasteiger partial charge on any atom is 0.312 e. The predicted molar refractivity (Wildman–Crippen MR) is 99.1 cm³/mol. The number of nitro groups is 1. The van der Waals surface area contributed by atoms with Gasteiger partial charge in [-0.2, -0.15) is 0 Å². The summed E-state index contributed by atoms with van der Waals surface area (Å²) in [6.07, 6.45) is 0. The van der Waals surface area contributed by atoms with Crippen molar-refractivity contribution in [2.75, 3.05) is 0 Å². The number of hydrogen-bond acceptors (Lipinski definition) is 6. The van der Waals surface area contributed by atoms with Gasteiger partial charge in [0.25, 0.3) is 0 Å². The highest BCUT2D eigenvalue weighted by Crippen LogP contribution is 2.32. The van der Waals surface area contributed by atoms with Crippen molar-refractivity contribution < 1.29 is 23.2 Å². The van der Waals surface area contributed by atoms with E-state index in [0.29, 0.717) is 11.5 Å². The highest BCUT2D eigenvalue weighted by atomic mass is 32.2. The zero-order chi connectivity index (χ0) is 19.9. The lowest BCUT2D eigenvalue weighted by Crippen LogP contribution is -2.12. The van der Waals surface area contributed by atoms with Crippen LogP contribution in [0.4, 0.5) is 5.69 Å². The molecule has 0 aromatic heterocycles. The van der Waals surface area contributed by atoms with Gasteiger partial charge in [-0.25, -0.2) is 13.6 Å². The molecule has 27 heavy (non-hydrogen) atoms. The lowest BCUT2D eigenvalue weighted by atomic mass is 10.3. The Kier molecular flexibility index (Phi) is 6.47. The third kappa shape index (κ3) is 6.10. The second kappa shape index (κ2) is 8.79. The summed E-state index contributed by atoms with van der Waals surface area (Å²) in [5.74, 6) is 0.662. The van der Waals surface area contributed by atoms with Gasteiger partial charge in [0.2, 0.25) is 15.8 Å². The van der Waals surface area contributed by atoms with Crippen molar-refractivity contribution in [2.45, 2.75) is 4.90 Å². The van der Waals surface area contributed by atoms with Crippen LogP contribution in [0.15, 0.2) is 83.8 Å². The Morgan fingerprint density at radius 2 is 1.48 bits per heavy atom. The molecule has 140 valence electrons. The molecule has 0 spiro atoms. The number of ether oxygens (including phenoxy) is 1. The van der Waals surface area contributed by atoms with Crippen molar-refractivity contribution in [3.63, 3.8) is 0 Å². The van der Waals surface area contributed by atoms with E-state index < -0.39 is 20.6 Å². The van der Waals surface area contributed by atoms with Gasteiger partial charge < -0.3 is 9.84 Å². The number of primary sulfonamides is 1. The van der Waals surface area contributed by atoms with Crippen LogP contribution >= 0.6 is 0 Å². The molecule has 0 atom stereocenters. The average Bonchev–Trinajstić information content (AvgIpc) is 2.63. The standard InChI is InChI=1S/C12H10N2O5S.C6H6O/c13-20(17,18)10-6-7-12(11(8-10)14(15)16)19-9-4-2-1-3-5-9;7-6-4-2-1-3-5-6/h1-8H,(H2,13,17,18);1-5,7H. The number of hydrogen-bond donors (Lipinski definition) is 2. The second-order valence-electron chi connectivity index (χ2n) is 5.18. The van der Waals surface area contributed by atoms with E-state index in [1.54, 1.807) is 54.6 Å². The van der Waals surface area contributed by atoms with Gasteiger partial charge in [-0.1, -0.05) is 36.4 Å². The minimum absolute atomic E-state index is 0.0615. The Morgan fingerprint density at radius 3 is 1.93 bits per heavy atom. The molecule has 0 radical (unpaired) electrons. The zero-order valence-corrected chi connectivity index (χ0v) is 14.7. The Bertz CT molecular complexity index is 1010. The molecule has 3 aromatic rings. The lowest BCUT2D eigenvalue weighted by Gasteiger charge is -2.07. The quantitative estimate of drug-likeness (QED) is 0.520. The zero-order valence-electron chi connectivity index (χ0n) is 13.9. The third-order valence-electron chi connectivity index (χ3n) is 3.18. The fourth-order valence-corrected chi connectivity index (χ4v) is 2.48. The summed E-state index contributed by atoms with van der Waals surface area (Å²) in [6, 6.07) is 20.4. The molecular weight excluding hydrogens is 372 g/mol. The van der Waals surface area contributed by atoms with Crippen molar-refractivity contribution in [3.05, 3.63) is 89.0 Å². The second-order valence-corrected chi connectivity index (χ2v) is 6.74. The first-order chi connectivity index (χ1) is 12.8. The number of rotatable bonds is 4. The molecule has 0 fully saturated rings. The molecule has 0 saturated heterocycles. The SMILES string of the molecule is NS(=O)(=O)c1ccc(Oc2ccccc2)c([N+](=O)[O-])c1.Oc1ccccc1. The molecule has 3 N–H and O–H groups in total. The number of nitrogens with zero attached hydrogens (tertiary/aromatic N) is 1. The highest BCUT2D eigenvalue weighted by Gasteiger charge is 2.20. The number of sulfonamides is 1. The fraction of sp³-hybridized carbons (Fsp3) is 0. The van der Waals surface area contributed by atoms with E-state index in [9.17, 15) is 18.5 Å². The summed E-state index contributed by atoms with van der Waals surface area (Å²) in [7, 11) is -4.01. The van der Waals surface area contributed by atoms with E-state index in [1.807, 2.05) is 6.07 Å². The summed E-state index contributed by atoms with van der Waals surface area (Å²) in [5, 5.41) is 24.6. The van der Waals surface area contributed by atoms with E-state index >= 15 is 0 Å². The molecule has 3 aromatic carbocycles. The Labute approximate surface area is 155 Å². The minimum atomic E-state index is -4.01. The van der Waals surface area contributed by atoms with Crippen LogP contribution in [0.5, 0.6) is 17.2 Å². The van der Waals surface area contributed by atoms with Crippen molar-refractivity contribution in [2.24, 2.45) is 5.14 Å². The average molecular weight is 388 g/mol. The summed E-state index contributed by atoms with van der Waals surface area (Å²) >= 11 is 0. The van der Waals surface area contributed by atoms with Crippen molar-refractivity contribution in [1.82, 2.24) is 0 Å². The van der Waals surface area contributed by atoms with Crippen LogP contribution in [0.3, 0.4) is 0 Å². The summed E-state index contributed by atoms with van der Waals surface area (Å²) in [6.45, 7) is 0. The summed E-state index contributed by atoms with van der Waals surface area (Å²) < 4.78 is 27.7. The number of nitrogens with two attached hydrogens (primary N) is 1. The lowest BCUT2D eigenvalue weighted by molar-refractivity contribution is -0.385. The molecule has 9 heteroatoms. The first-order valence-electron chi connectivity index (χ1n) is 7.55. The van der Waals surface area contributed by atoms with E-state index in [2.05, 4.69) is 0 Å². The van der Waals surface area contributed by atoms with Gasteiger partial charge in [0, 0.05) is 6.07 Å². The number of nitro benzene ring substituents is 1. The smallest absolute Gasteiger partial charge is 0.312 e. The normalized spacial score (nSPS) is 10.4. The maximum atomic E-state index is 11.2. The molecule has 0 amide bonds. The molecule has 0 bridgehead atoms. The van der Waals surface area contributed by atoms with E-state index in [4.69, 9.17) is 15.0 Å². The van der Waals surface area contributed by atoms with Crippen molar-refractivity contribution >= 4 is 15.7 Å². The van der Waals surface area contributed by atoms with Gasteiger partial charge in [-0.05, 0) is 36.4 Å². The van der Waals surface area contributed by atoms with Crippen LogP contribution in [0.2, 0.25) is 0 Å². The summed E-state index contributed by atoms with van der Waals surface area (Å²) in [5.41, 5.74) is -0.472. The molecule has 0 saturated carbocycles. The molecule has 0 aliphatic rings. The molecule has 0 aliphatic carbocycles. The first kappa shape index (κ1) is 19.9. The van der Waals surface area contributed by atoms with Crippen LogP contribution in [-0.2, 0) is 10.0 Å². The van der Waals surface area contributed by atoms with E-state index in [0.717, 1.165) is 12.1 Å².